The molecule has 1 N–H and O–H groups in total. The van der Waals surface area contributed by atoms with Crippen LogP contribution in [0.2, 0.25) is 15.1 Å². The van der Waals surface area contributed by atoms with Gasteiger partial charge in [-0.15, -0.1) is 0 Å². The summed E-state index contributed by atoms with van der Waals surface area (Å²) in [7, 11) is -3.42. The average molecular weight is 776 g/mol. The van der Waals surface area contributed by atoms with E-state index in [0.29, 0.717) is 12.0 Å². The van der Waals surface area contributed by atoms with E-state index in [1.165, 1.54) is 49.3 Å². The van der Waals surface area contributed by atoms with Crippen molar-refractivity contribution in [1.29, 1.82) is 0 Å². The molecular weight excluding hydrogens is 739 g/mol. The van der Waals surface area contributed by atoms with Crippen LogP contribution in [0, 0.1) is 17.0 Å². The van der Waals surface area contributed by atoms with Crippen LogP contribution < -0.4 is 14.4 Å². The number of rotatable bonds is 15. The van der Waals surface area contributed by atoms with Crippen molar-refractivity contribution in [3.63, 3.8) is 0 Å². The number of nitrogens with zero attached hydrogens (tertiary/aromatic N) is 3. The second-order valence-corrected chi connectivity index (χ2v) is 14.9. The summed E-state index contributed by atoms with van der Waals surface area (Å²) in [5.41, 5.74) is 0.770. The van der Waals surface area contributed by atoms with Crippen LogP contribution in [0.15, 0.2) is 89.8 Å². The van der Waals surface area contributed by atoms with Crippen molar-refractivity contribution in [2.45, 2.75) is 57.1 Å². The molecule has 0 aliphatic rings. The summed E-state index contributed by atoms with van der Waals surface area (Å²) in [6.07, 6.45) is 0.672. The molecule has 4 aromatic rings. The molecule has 0 fully saturated rings. The molecule has 2 amide bonds. The SMILES string of the molecule is CC[C@H](C)NC(=O)[C@@H](Cc1ccccc1)N(Cc1c(Cl)cccc1Cl)C(=O)CN(c1cc(Cl)ccc1OC)S(=O)(=O)c1ccc(C)c([N+](=O)[O-])c1. The van der Waals surface area contributed by atoms with Crippen LogP contribution in [0.5, 0.6) is 5.75 Å². The van der Waals surface area contributed by atoms with Gasteiger partial charge in [-0.05, 0) is 62.2 Å². The largest absolute Gasteiger partial charge is 0.495 e. The highest BCUT2D eigenvalue weighted by atomic mass is 35.5. The first-order chi connectivity index (χ1) is 24.2. The van der Waals surface area contributed by atoms with Gasteiger partial charge >= 0.3 is 0 Å². The first kappa shape index (κ1) is 39.4. The first-order valence-corrected chi connectivity index (χ1v) is 18.4. The Balaban J connectivity index is 1.93. The number of nitro benzene ring substituents is 1. The zero-order valence-electron chi connectivity index (χ0n) is 28.3. The molecule has 0 spiro atoms. The van der Waals surface area contributed by atoms with Gasteiger partial charge in [0, 0.05) is 51.3 Å². The highest BCUT2D eigenvalue weighted by molar-refractivity contribution is 7.92. The molecule has 0 saturated carbocycles. The summed E-state index contributed by atoms with van der Waals surface area (Å²) in [5.74, 6) is -1.24. The number of halogens is 3. The van der Waals surface area contributed by atoms with Gasteiger partial charge in [0.1, 0.15) is 18.3 Å². The molecule has 0 heterocycles. The number of ether oxygens (including phenoxy) is 1. The number of amides is 2. The van der Waals surface area contributed by atoms with Crippen molar-refractivity contribution in [3.05, 3.63) is 127 Å². The van der Waals surface area contributed by atoms with Crippen LogP contribution in [-0.2, 0) is 32.6 Å². The van der Waals surface area contributed by atoms with Crippen molar-refractivity contribution >= 4 is 68.0 Å². The smallest absolute Gasteiger partial charge is 0.273 e. The van der Waals surface area contributed by atoms with Gasteiger partial charge in [-0.1, -0.05) is 84.2 Å². The Hall–Kier alpha value is -4.36. The molecule has 51 heavy (non-hydrogen) atoms. The minimum Gasteiger partial charge on any atom is -0.495 e. The molecule has 0 aromatic heterocycles. The van der Waals surface area contributed by atoms with E-state index in [0.717, 1.165) is 15.9 Å². The summed E-state index contributed by atoms with van der Waals surface area (Å²) < 4.78 is 35.3. The first-order valence-electron chi connectivity index (χ1n) is 15.9. The highest BCUT2D eigenvalue weighted by Crippen LogP contribution is 2.36. The van der Waals surface area contributed by atoms with Crippen molar-refractivity contribution in [3.8, 4) is 5.75 Å². The minimum absolute atomic E-state index is 0.0495. The number of hydrogen-bond donors (Lipinski definition) is 1. The molecule has 0 radical (unpaired) electrons. The second-order valence-electron chi connectivity index (χ2n) is 11.8. The van der Waals surface area contributed by atoms with Crippen molar-refractivity contribution in [2.24, 2.45) is 0 Å². The molecule has 2 atom stereocenters. The van der Waals surface area contributed by atoms with Gasteiger partial charge in [-0.2, -0.15) is 0 Å². The molecule has 0 unspecified atom stereocenters. The van der Waals surface area contributed by atoms with Crippen molar-refractivity contribution < 1.29 is 27.7 Å². The van der Waals surface area contributed by atoms with Gasteiger partial charge in [0.25, 0.3) is 15.7 Å². The molecule has 0 saturated heterocycles. The number of aryl methyl sites for hydroxylation is 1. The number of benzene rings is 4. The lowest BCUT2D eigenvalue weighted by molar-refractivity contribution is -0.385. The highest BCUT2D eigenvalue weighted by Gasteiger charge is 2.37. The Morgan fingerprint density at radius 2 is 1.63 bits per heavy atom. The second kappa shape index (κ2) is 17.2. The van der Waals surface area contributed by atoms with E-state index >= 15 is 0 Å². The summed E-state index contributed by atoms with van der Waals surface area (Å²) in [5, 5.41) is 15.4. The molecule has 270 valence electrons. The number of carbonyl (C=O) groups is 2. The summed E-state index contributed by atoms with van der Waals surface area (Å²) >= 11 is 19.5. The summed E-state index contributed by atoms with van der Waals surface area (Å²) in [6, 6.07) is 20.1. The lowest BCUT2D eigenvalue weighted by Crippen LogP contribution is -2.54. The molecule has 4 aromatic carbocycles. The number of sulfonamides is 1. The standard InChI is InChI=1S/C36H37Cl3N4O7S/c1-5-24(3)40-36(45)33(18-25-10-7-6-8-11-25)41(21-28-29(38)12-9-13-30(28)39)35(44)22-42(32-19-26(37)15-17-34(32)50-4)51(48,49)27-16-14-23(2)31(20-27)43(46)47/h6-17,19-20,24,33H,5,18,21-22H2,1-4H3,(H,40,45)/t24-,33+/m0/s1. The lowest BCUT2D eigenvalue weighted by atomic mass is 10.0. The van der Waals surface area contributed by atoms with E-state index < -0.39 is 49.9 Å². The van der Waals surface area contributed by atoms with E-state index in [9.17, 15) is 28.1 Å². The maximum Gasteiger partial charge on any atom is 0.273 e. The van der Waals surface area contributed by atoms with Gasteiger partial charge in [0.2, 0.25) is 11.8 Å². The molecule has 11 nitrogen and oxygen atoms in total. The van der Waals surface area contributed by atoms with Gasteiger partial charge in [-0.25, -0.2) is 8.42 Å². The Kier molecular flexibility index (Phi) is 13.3. The molecule has 15 heteroatoms. The quantitative estimate of drug-likeness (QED) is 0.0969. The summed E-state index contributed by atoms with van der Waals surface area (Å²) in [4.78, 5) is 40.8. The fourth-order valence-corrected chi connectivity index (χ4v) is 7.41. The maximum absolute atomic E-state index is 14.8. The van der Waals surface area contributed by atoms with Crippen molar-refractivity contribution in [1.82, 2.24) is 10.2 Å². The average Bonchev–Trinajstić information content (AvgIpc) is 3.09. The van der Waals surface area contributed by atoms with Crippen LogP contribution in [0.1, 0.15) is 37.0 Å². The van der Waals surface area contributed by atoms with Crippen LogP contribution in [0.3, 0.4) is 0 Å². The predicted octanol–water partition coefficient (Wildman–Crippen LogP) is 7.62. The predicted molar refractivity (Wildman–Crippen MR) is 199 cm³/mol. The van der Waals surface area contributed by atoms with Crippen LogP contribution >= 0.6 is 34.8 Å². The maximum atomic E-state index is 14.8. The minimum atomic E-state index is -4.73. The third-order valence-electron chi connectivity index (χ3n) is 8.32. The fourth-order valence-electron chi connectivity index (χ4n) is 5.29. The molecule has 4 rings (SSSR count). The van der Waals surface area contributed by atoms with Crippen LogP contribution in [-0.4, -0.2) is 55.8 Å². The Bertz CT molecular complexity index is 2000. The Labute approximate surface area is 312 Å². The number of nitro groups is 1. The zero-order chi connectivity index (χ0) is 37.5. The molecule has 0 aliphatic heterocycles. The molecular formula is C36H37Cl3N4O7S. The monoisotopic (exact) mass is 774 g/mol. The van der Waals surface area contributed by atoms with E-state index in [1.807, 2.05) is 32.0 Å². The summed E-state index contributed by atoms with van der Waals surface area (Å²) in [6.45, 7) is 4.07. The fraction of sp³-hybridized carbons (Fsp3) is 0.278. The molecule has 0 bridgehead atoms. The Morgan fingerprint density at radius 1 is 0.961 bits per heavy atom. The van der Waals surface area contributed by atoms with Crippen LogP contribution in [0.25, 0.3) is 0 Å². The number of hydrogen-bond acceptors (Lipinski definition) is 7. The van der Waals surface area contributed by atoms with Gasteiger partial charge in [-0.3, -0.25) is 24.0 Å². The zero-order valence-corrected chi connectivity index (χ0v) is 31.4. The van der Waals surface area contributed by atoms with E-state index in [4.69, 9.17) is 39.5 Å². The van der Waals surface area contributed by atoms with Gasteiger partial charge in [0.15, 0.2) is 0 Å². The van der Waals surface area contributed by atoms with E-state index in [2.05, 4.69) is 5.32 Å². The third-order valence-corrected chi connectivity index (χ3v) is 11.0. The number of anilines is 1. The van der Waals surface area contributed by atoms with E-state index in [1.54, 1.807) is 30.3 Å². The number of methoxy groups -OCH3 is 1. The number of nitrogens with one attached hydrogen (secondary N) is 1. The lowest BCUT2D eigenvalue weighted by Gasteiger charge is -2.35. The van der Waals surface area contributed by atoms with Crippen LogP contribution in [0.4, 0.5) is 11.4 Å². The van der Waals surface area contributed by atoms with Gasteiger partial charge in [0.05, 0.1) is 22.6 Å². The van der Waals surface area contributed by atoms with Gasteiger partial charge < -0.3 is 15.0 Å². The molecule has 0 aliphatic carbocycles. The van der Waals surface area contributed by atoms with E-state index in [-0.39, 0.29) is 51.1 Å². The number of carbonyl (C=O) groups excluding carboxylic acids is 2. The normalized spacial score (nSPS) is 12.5. The third kappa shape index (κ3) is 9.50. The van der Waals surface area contributed by atoms with Crippen molar-refractivity contribution in [2.75, 3.05) is 18.0 Å². The topological polar surface area (TPSA) is 139 Å². The Morgan fingerprint density at radius 3 is 2.24 bits per heavy atom.